The molecule has 0 bridgehead atoms. The lowest BCUT2D eigenvalue weighted by Crippen LogP contribution is -2.41. The number of anilines is 1. The number of hydrogen-bond acceptors (Lipinski definition) is 6. The highest BCUT2D eigenvalue weighted by Crippen LogP contribution is 2.37. The predicted octanol–water partition coefficient (Wildman–Crippen LogP) is 3.21. The van der Waals surface area contributed by atoms with E-state index in [-0.39, 0.29) is 36.9 Å². The number of carbonyl (C=O) groups excluding carboxylic acids is 3. The van der Waals surface area contributed by atoms with Crippen molar-refractivity contribution in [3.8, 4) is 11.5 Å². The van der Waals surface area contributed by atoms with E-state index in [2.05, 4.69) is 5.32 Å². The molecule has 3 rings (SSSR count). The van der Waals surface area contributed by atoms with Gasteiger partial charge in [0.25, 0.3) is 0 Å². The summed E-state index contributed by atoms with van der Waals surface area (Å²) in [5, 5.41) is 2.82. The van der Waals surface area contributed by atoms with Crippen LogP contribution in [-0.2, 0) is 9.53 Å². The SMILES string of the molecule is CCCOC(=O)N1CCCC(CC(=O)Nc2cc3c(cc2C(C)=O)OCO3)C1. The van der Waals surface area contributed by atoms with Gasteiger partial charge in [0, 0.05) is 31.1 Å². The van der Waals surface area contributed by atoms with Gasteiger partial charge in [-0.1, -0.05) is 6.92 Å². The van der Waals surface area contributed by atoms with E-state index in [4.69, 9.17) is 14.2 Å². The van der Waals surface area contributed by atoms with E-state index in [0.717, 1.165) is 19.3 Å². The highest BCUT2D eigenvalue weighted by molar-refractivity contribution is 6.04. The number of rotatable bonds is 6. The Balaban J connectivity index is 1.61. The average Bonchev–Trinajstić information content (AvgIpc) is 3.12. The maximum Gasteiger partial charge on any atom is 0.409 e. The molecular weight excluding hydrogens is 364 g/mol. The molecule has 0 aromatic heterocycles. The average molecular weight is 390 g/mol. The molecule has 1 aromatic rings. The van der Waals surface area contributed by atoms with Crippen LogP contribution in [0, 0.1) is 5.92 Å². The fourth-order valence-electron chi connectivity index (χ4n) is 3.48. The van der Waals surface area contributed by atoms with Gasteiger partial charge in [-0.15, -0.1) is 0 Å². The third-order valence-electron chi connectivity index (χ3n) is 4.85. The molecule has 2 aliphatic rings. The van der Waals surface area contributed by atoms with Crippen LogP contribution in [0.5, 0.6) is 11.5 Å². The zero-order valence-corrected chi connectivity index (χ0v) is 16.3. The summed E-state index contributed by atoms with van der Waals surface area (Å²) in [7, 11) is 0. The van der Waals surface area contributed by atoms with Crippen LogP contribution in [0.25, 0.3) is 0 Å². The maximum absolute atomic E-state index is 12.6. The largest absolute Gasteiger partial charge is 0.454 e. The number of fused-ring (bicyclic) bond motifs is 1. The smallest absolute Gasteiger partial charge is 0.409 e. The molecule has 0 spiro atoms. The summed E-state index contributed by atoms with van der Waals surface area (Å²) in [6.45, 7) is 5.03. The number of Topliss-reactive ketones (excluding diaryl/α,β-unsaturated/α-hetero) is 1. The lowest BCUT2D eigenvalue weighted by atomic mass is 9.94. The number of ether oxygens (including phenoxy) is 3. The molecule has 1 fully saturated rings. The van der Waals surface area contributed by atoms with Crippen LogP contribution < -0.4 is 14.8 Å². The number of nitrogens with zero attached hydrogens (tertiary/aromatic N) is 1. The van der Waals surface area contributed by atoms with Crippen LogP contribution in [0.15, 0.2) is 12.1 Å². The van der Waals surface area contributed by atoms with Gasteiger partial charge >= 0.3 is 6.09 Å². The normalized spacial score (nSPS) is 17.9. The molecule has 0 radical (unpaired) electrons. The van der Waals surface area contributed by atoms with Crippen molar-refractivity contribution in [3.05, 3.63) is 17.7 Å². The first-order valence-electron chi connectivity index (χ1n) is 9.64. The van der Waals surface area contributed by atoms with Crippen LogP contribution in [-0.4, -0.2) is 49.2 Å². The fourth-order valence-corrected chi connectivity index (χ4v) is 3.48. The standard InChI is InChI=1S/C20H26N2O6/c1-3-7-26-20(25)22-6-4-5-14(11-22)8-19(24)21-16-10-18-17(27-12-28-18)9-15(16)13(2)23/h9-10,14H,3-8,11-12H2,1-2H3,(H,21,24). The van der Waals surface area contributed by atoms with E-state index in [1.807, 2.05) is 6.92 Å². The van der Waals surface area contributed by atoms with Gasteiger partial charge in [0.2, 0.25) is 12.7 Å². The van der Waals surface area contributed by atoms with Crippen molar-refractivity contribution in [1.82, 2.24) is 4.90 Å². The monoisotopic (exact) mass is 390 g/mol. The molecule has 0 aliphatic carbocycles. The Hall–Kier alpha value is -2.77. The molecule has 2 heterocycles. The maximum atomic E-state index is 12.6. The van der Waals surface area contributed by atoms with Crippen molar-refractivity contribution in [3.63, 3.8) is 0 Å². The Morgan fingerprint density at radius 2 is 2.00 bits per heavy atom. The van der Waals surface area contributed by atoms with E-state index >= 15 is 0 Å². The Labute approximate surface area is 164 Å². The molecule has 152 valence electrons. The predicted molar refractivity (Wildman–Crippen MR) is 102 cm³/mol. The first-order valence-corrected chi connectivity index (χ1v) is 9.64. The number of carbonyl (C=O) groups is 3. The molecule has 2 amide bonds. The van der Waals surface area contributed by atoms with Gasteiger partial charge < -0.3 is 24.4 Å². The van der Waals surface area contributed by atoms with Gasteiger partial charge in [-0.25, -0.2) is 4.79 Å². The van der Waals surface area contributed by atoms with Crippen molar-refractivity contribution in [2.45, 2.75) is 39.5 Å². The third-order valence-corrected chi connectivity index (χ3v) is 4.85. The molecule has 2 aliphatic heterocycles. The second-order valence-corrected chi connectivity index (χ2v) is 7.13. The van der Waals surface area contributed by atoms with Gasteiger partial charge in [0.1, 0.15) is 0 Å². The van der Waals surface area contributed by atoms with Crippen LogP contribution in [0.2, 0.25) is 0 Å². The van der Waals surface area contributed by atoms with Gasteiger partial charge in [-0.05, 0) is 38.2 Å². The van der Waals surface area contributed by atoms with Crippen LogP contribution in [0.1, 0.15) is 49.9 Å². The minimum Gasteiger partial charge on any atom is -0.454 e. The number of likely N-dealkylation sites (tertiary alicyclic amines) is 1. The lowest BCUT2D eigenvalue weighted by molar-refractivity contribution is -0.117. The van der Waals surface area contributed by atoms with E-state index in [0.29, 0.717) is 42.4 Å². The van der Waals surface area contributed by atoms with Crippen molar-refractivity contribution >= 4 is 23.5 Å². The van der Waals surface area contributed by atoms with Gasteiger partial charge in [-0.2, -0.15) is 0 Å². The van der Waals surface area contributed by atoms with Gasteiger partial charge in [0.15, 0.2) is 17.3 Å². The minimum atomic E-state index is -0.318. The minimum absolute atomic E-state index is 0.0534. The summed E-state index contributed by atoms with van der Waals surface area (Å²) >= 11 is 0. The molecule has 28 heavy (non-hydrogen) atoms. The van der Waals surface area contributed by atoms with Gasteiger partial charge in [-0.3, -0.25) is 9.59 Å². The number of hydrogen-bond donors (Lipinski definition) is 1. The molecule has 1 saturated heterocycles. The first-order chi connectivity index (χ1) is 13.5. The number of benzene rings is 1. The summed E-state index contributed by atoms with van der Waals surface area (Å²) in [5.74, 6) is 0.684. The Bertz CT molecular complexity index is 763. The molecule has 0 saturated carbocycles. The molecule has 1 atom stereocenters. The van der Waals surface area contributed by atoms with E-state index in [1.54, 1.807) is 17.0 Å². The Morgan fingerprint density at radius 1 is 1.25 bits per heavy atom. The van der Waals surface area contributed by atoms with Crippen LogP contribution in [0.4, 0.5) is 10.5 Å². The summed E-state index contributed by atoms with van der Waals surface area (Å²) < 4.78 is 15.8. The van der Waals surface area contributed by atoms with Crippen molar-refractivity contribution < 1.29 is 28.6 Å². The summed E-state index contributed by atoms with van der Waals surface area (Å²) in [6.07, 6.45) is 2.43. The third kappa shape index (κ3) is 4.74. The van der Waals surface area contributed by atoms with E-state index in [9.17, 15) is 14.4 Å². The second-order valence-electron chi connectivity index (χ2n) is 7.13. The zero-order chi connectivity index (χ0) is 20.1. The number of nitrogens with one attached hydrogen (secondary N) is 1. The Kier molecular flexibility index (Phi) is 6.38. The van der Waals surface area contributed by atoms with E-state index < -0.39 is 0 Å². The van der Waals surface area contributed by atoms with Crippen molar-refractivity contribution in [1.29, 1.82) is 0 Å². The molecule has 1 N–H and O–H groups in total. The van der Waals surface area contributed by atoms with Gasteiger partial charge in [0.05, 0.1) is 12.3 Å². The Morgan fingerprint density at radius 3 is 2.71 bits per heavy atom. The fraction of sp³-hybridized carbons (Fsp3) is 0.550. The van der Waals surface area contributed by atoms with E-state index in [1.165, 1.54) is 6.92 Å². The van der Waals surface area contributed by atoms with Crippen LogP contribution >= 0.6 is 0 Å². The number of ketones is 1. The van der Waals surface area contributed by atoms with Crippen molar-refractivity contribution in [2.75, 3.05) is 31.8 Å². The molecular formula is C20H26N2O6. The highest BCUT2D eigenvalue weighted by atomic mass is 16.7. The summed E-state index contributed by atoms with van der Waals surface area (Å²) in [6, 6.07) is 3.21. The summed E-state index contributed by atoms with van der Waals surface area (Å²) in [5.41, 5.74) is 0.794. The summed E-state index contributed by atoms with van der Waals surface area (Å²) in [4.78, 5) is 38.2. The highest BCUT2D eigenvalue weighted by Gasteiger charge is 2.27. The number of piperidine rings is 1. The quantitative estimate of drug-likeness (QED) is 0.750. The second kappa shape index (κ2) is 8.95. The van der Waals surface area contributed by atoms with Crippen molar-refractivity contribution in [2.24, 2.45) is 5.92 Å². The first kappa shape index (κ1) is 20.0. The zero-order valence-electron chi connectivity index (χ0n) is 16.3. The topological polar surface area (TPSA) is 94.2 Å². The molecule has 8 nitrogen and oxygen atoms in total. The lowest BCUT2D eigenvalue weighted by Gasteiger charge is -2.31. The number of amides is 2. The molecule has 8 heteroatoms. The van der Waals surface area contributed by atoms with Crippen LogP contribution in [0.3, 0.4) is 0 Å². The molecule has 1 aromatic carbocycles. The molecule has 1 unspecified atom stereocenters.